The number of primary amides is 1. The number of carbonyl (C=O) groups excluding carboxylic acids is 4. The number of benzene rings is 2. The van der Waals surface area contributed by atoms with Gasteiger partial charge in [0.1, 0.15) is 30.9 Å². The fourth-order valence-electron chi connectivity index (χ4n) is 7.55. The zero-order valence-corrected chi connectivity index (χ0v) is 43.1. The van der Waals surface area contributed by atoms with Gasteiger partial charge >= 0.3 is 0 Å². The molecule has 1 aliphatic heterocycles. The van der Waals surface area contributed by atoms with E-state index in [0.717, 1.165) is 21.7 Å². The summed E-state index contributed by atoms with van der Waals surface area (Å²) in [6.07, 6.45) is 0.714. The minimum absolute atomic E-state index is 0.0344. The Labute approximate surface area is 428 Å². The number of β-amino-alcohol motifs (C(OH)–C–C–N with tert-alkyl or cyclic N) is 1. The third kappa shape index (κ3) is 16.5. The quantitative estimate of drug-likeness (QED) is 0.0351. The number of H-pyrrole nitrogens is 1. The number of hydrogen-bond acceptors (Lipinski definition) is 17. The number of aliphatic hydroxyl groups is 1. The van der Waals surface area contributed by atoms with Crippen LogP contribution in [-0.4, -0.2) is 152 Å². The summed E-state index contributed by atoms with van der Waals surface area (Å²) in [7, 11) is -3.45. The van der Waals surface area contributed by atoms with Gasteiger partial charge in [-0.05, 0) is 48.6 Å². The van der Waals surface area contributed by atoms with Gasteiger partial charge in [0.15, 0.2) is 5.82 Å². The number of aliphatic hydroxyl groups excluding tert-OH is 1. The molecule has 3 aromatic heterocycles. The Balaban J connectivity index is 0.817. The number of nitrogens with zero attached hydrogens (tertiary/aromatic N) is 4. The number of pyridine rings is 1. The van der Waals surface area contributed by atoms with E-state index in [1.807, 2.05) is 52.0 Å². The molecule has 6 rings (SSSR count). The molecule has 0 bridgehead atoms. The maximum atomic E-state index is 13.9. The fourth-order valence-corrected chi connectivity index (χ4v) is 9.00. The second-order valence-corrected chi connectivity index (χ2v) is 20.8. The number of nitrogens with two attached hydrogens (primary N) is 1. The van der Waals surface area contributed by atoms with Crippen molar-refractivity contribution in [2.24, 2.45) is 11.1 Å². The summed E-state index contributed by atoms with van der Waals surface area (Å²) < 4.78 is 54.2. The lowest BCUT2D eigenvalue weighted by Gasteiger charge is -2.35. The summed E-state index contributed by atoms with van der Waals surface area (Å²) in [6.45, 7) is 10.8. The number of sulfonamides is 1. The van der Waals surface area contributed by atoms with Gasteiger partial charge in [-0.15, -0.1) is 11.3 Å². The first-order valence-electron chi connectivity index (χ1n) is 23.6. The van der Waals surface area contributed by atoms with Crippen LogP contribution in [0, 0.1) is 12.3 Å². The van der Waals surface area contributed by atoms with Crippen LogP contribution in [0.3, 0.4) is 0 Å². The highest BCUT2D eigenvalue weighted by molar-refractivity contribution is 7.92. The number of rotatable bonds is 28. The maximum absolute atomic E-state index is 13.9. The van der Waals surface area contributed by atoms with Crippen LogP contribution < -0.4 is 31.1 Å². The van der Waals surface area contributed by atoms with Gasteiger partial charge in [-0.1, -0.05) is 57.2 Å². The number of hydrogen-bond donors (Lipinski definition) is 7. The van der Waals surface area contributed by atoms with E-state index in [1.54, 1.807) is 53.2 Å². The summed E-state index contributed by atoms with van der Waals surface area (Å²) in [4.78, 5) is 63.7. The highest BCUT2D eigenvalue weighted by Crippen LogP contribution is 2.31. The maximum Gasteiger partial charge on any atom is 0.254 e. The van der Waals surface area contributed by atoms with Gasteiger partial charge in [-0.3, -0.25) is 29.0 Å². The third-order valence-corrected chi connectivity index (χ3v) is 13.7. The van der Waals surface area contributed by atoms with Crippen LogP contribution in [0.25, 0.3) is 21.7 Å². The Morgan fingerprint density at radius 3 is 2.15 bits per heavy atom. The van der Waals surface area contributed by atoms with E-state index < -0.39 is 51.3 Å². The number of aryl methyl sites for hydroxylation is 1. The third-order valence-electron chi connectivity index (χ3n) is 11.4. The summed E-state index contributed by atoms with van der Waals surface area (Å²) >= 11 is 1.56. The second-order valence-electron chi connectivity index (χ2n) is 18.0. The molecule has 1 saturated heterocycles. The second kappa shape index (κ2) is 26.4. The smallest absolute Gasteiger partial charge is 0.254 e. The van der Waals surface area contributed by atoms with Gasteiger partial charge in [-0.25, -0.2) is 18.4 Å². The average Bonchev–Trinajstić information content (AvgIpc) is 4.10. The lowest BCUT2D eigenvalue weighted by atomic mass is 9.85. The van der Waals surface area contributed by atoms with Crippen molar-refractivity contribution in [1.29, 1.82) is 0 Å². The van der Waals surface area contributed by atoms with Gasteiger partial charge in [0.2, 0.25) is 33.6 Å². The summed E-state index contributed by atoms with van der Waals surface area (Å²) in [5.74, 6) is -1.69. The van der Waals surface area contributed by atoms with Crippen molar-refractivity contribution in [3.05, 3.63) is 89.2 Å². The number of anilines is 3. The van der Waals surface area contributed by atoms with Crippen LogP contribution in [0.4, 0.5) is 17.2 Å². The molecule has 1 aliphatic rings. The molecule has 0 radical (unpaired) electrons. The van der Waals surface area contributed by atoms with E-state index in [0.29, 0.717) is 48.3 Å². The molecule has 8 N–H and O–H groups in total. The molecule has 1 fully saturated rings. The molecule has 4 amide bonds. The monoisotopic (exact) mass is 1050 g/mol. The molecule has 24 heteroatoms. The molecule has 0 spiro atoms. The number of aromatic amines is 1. The largest absolute Gasteiger partial charge is 0.475 e. The van der Waals surface area contributed by atoms with E-state index in [2.05, 4.69) is 40.8 Å². The summed E-state index contributed by atoms with van der Waals surface area (Å²) in [5, 5.41) is 26.3. The summed E-state index contributed by atoms with van der Waals surface area (Å²) in [6, 6.07) is 15.6. The molecule has 2 aromatic carbocycles. The minimum Gasteiger partial charge on any atom is -0.475 e. The first-order chi connectivity index (χ1) is 34.9. The van der Waals surface area contributed by atoms with Crippen LogP contribution in [0.5, 0.6) is 5.88 Å². The lowest BCUT2D eigenvalue weighted by Crippen LogP contribution is -2.58. The van der Waals surface area contributed by atoms with Crippen molar-refractivity contribution < 1.29 is 56.4 Å². The summed E-state index contributed by atoms with van der Waals surface area (Å²) in [5.41, 5.74) is 11.6. The van der Waals surface area contributed by atoms with Crippen molar-refractivity contribution in [2.75, 3.05) is 81.8 Å². The average molecular weight is 1050 g/mol. The van der Waals surface area contributed by atoms with Crippen molar-refractivity contribution in [2.45, 2.75) is 65.8 Å². The Bertz CT molecular complexity index is 2730. The van der Waals surface area contributed by atoms with Crippen molar-refractivity contribution in [1.82, 2.24) is 35.7 Å². The lowest BCUT2D eigenvalue weighted by molar-refractivity contribution is -0.144. The number of thiazole rings is 1. The zero-order valence-electron chi connectivity index (χ0n) is 41.5. The highest BCUT2D eigenvalue weighted by atomic mass is 32.2. The first kappa shape index (κ1) is 55.8. The van der Waals surface area contributed by atoms with E-state index in [1.165, 1.54) is 18.0 Å². The first-order valence-corrected chi connectivity index (χ1v) is 26.2. The molecular weight excluding hydrogens is 985 g/mol. The molecule has 4 heterocycles. The molecule has 394 valence electrons. The molecule has 0 unspecified atom stereocenters. The van der Waals surface area contributed by atoms with Crippen LogP contribution in [0.15, 0.2) is 72.4 Å². The van der Waals surface area contributed by atoms with Gasteiger partial charge in [0.25, 0.3) is 5.91 Å². The number of likely N-dealkylation sites (tertiary alicyclic amines) is 1. The van der Waals surface area contributed by atoms with E-state index in [4.69, 9.17) is 29.4 Å². The van der Waals surface area contributed by atoms with Crippen molar-refractivity contribution in [3.8, 4) is 27.6 Å². The number of aromatic nitrogens is 4. The minimum atomic E-state index is -3.45. The predicted octanol–water partition coefficient (Wildman–Crippen LogP) is 3.76. The Kier molecular flexibility index (Phi) is 20.2. The fraction of sp³-hybridized carbons (Fsp3) is 0.449. The normalized spacial score (nSPS) is 15.2. The van der Waals surface area contributed by atoms with Crippen molar-refractivity contribution in [3.63, 3.8) is 0 Å². The SMILES string of the molecule is CCS(=O)(=O)Nc1ccc(-c2[nH]nc(Nc3ccnc(OCCOCCOCCOCCOCC(=O)N[C@H](C(=O)N4C[C@H](O)C[C@H]4C(=O)NCc4ccc(-c5scnc5C)cc4)C(C)(C)C)c3)c2C(N)=O)cc1. The number of amides is 4. The van der Waals surface area contributed by atoms with Crippen LogP contribution in [0.2, 0.25) is 0 Å². The standard InChI is InChI=1S/C49H64N10O12S2/c1-6-73(65,66)58-35-13-11-33(12-14-35)42-41(45(50)62)46(57-56-42)54-36-15-16-51-40(25-36)71-24-23-69-20-19-67-17-18-68-21-22-70-29-39(61)55-44(49(3,4)5)48(64)59-28-37(60)26-38(59)47(63)52-27-32-7-9-34(10-8-32)43-31(2)53-30-72-43/h7-16,25,30,37-38,44,58,60H,6,17-24,26-29H2,1-5H3,(H2,50,62)(H,52,63)(H,55,61)(H2,51,54,56,57)/t37-,38+,44-/m1/s1. The Hall–Kier alpha value is -6.54. The predicted molar refractivity (Wildman–Crippen MR) is 274 cm³/mol. The topological polar surface area (TPSA) is 301 Å². The molecule has 3 atom stereocenters. The highest BCUT2D eigenvalue weighted by Gasteiger charge is 2.44. The van der Waals surface area contributed by atoms with Crippen molar-refractivity contribution >= 4 is 62.2 Å². The van der Waals surface area contributed by atoms with Crippen LogP contribution >= 0.6 is 11.3 Å². The van der Waals surface area contributed by atoms with Crippen LogP contribution in [-0.2, 0) is 49.9 Å². The molecule has 22 nitrogen and oxygen atoms in total. The molecular formula is C49H64N10O12S2. The molecule has 5 aromatic rings. The molecule has 73 heavy (non-hydrogen) atoms. The van der Waals surface area contributed by atoms with E-state index in [-0.39, 0.29) is 82.2 Å². The van der Waals surface area contributed by atoms with Gasteiger partial charge in [0.05, 0.1) is 79.9 Å². The molecule has 0 aliphatic carbocycles. The van der Waals surface area contributed by atoms with Gasteiger partial charge in [-0.2, -0.15) is 5.10 Å². The molecule has 0 saturated carbocycles. The Morgan fingerprint density at radius 2 is 1.53 bits per heavy atom. The number of carbonyl (C=O) groups is 4. The van der Waals surface area contributed by atoms with E-state index in [9.17, 15) is 32.7 Å². The van der Waals surface area contributed by atoms with Gasteiger partial charge < -0.3 is 55.4 Å². The zero-order chi connectivity index (χ0) is 52.5. The van der Waals surface area contributed by atoms with Gasteiger partial charge in [0, 0.05) is 48.7 Å². The van der Waals surface area contributed by atoms with Crippen LogP contribution in [0.1, 0.15) is 55.7 Å². The van der Waals surface area contributed by atoms with E-state index >= 15 is 0 Å². The Morgan fingerprint density at radius 1 is 0.890 bits per heavy atom. The number of nitrogens with one attached hydrogen (secondary N) is 5. The number of ether oxygens (including phenoxy) is 5.